The Labute approximate surface area is 96.3 Å². The van der Waals surface area contributed by atoms with Gasteiger partial charge >= 0.3 is 6.09 Å². The fourth-order valence-electron chi connectivity index (χ4n) is 0.664. The van der Waals surface area contributed by atoms with Crippen molar-refractivity contribution in [1.82, 2.24) is 5.32 Å². The summed E-state index contributed by atoms with van der Waals surface area (Å²) in [5, 5.41) is 10.3. The van der Waals surface area contributed by atoms with Crippen LogP contribution in [0.2, 0.25) is 0 Å². The van der Waals surface area contributed by atoms with Crippen LogP contribution in [0.3, 0.4) is 0 Å². The summed E-state index contributed by atoms with van der Waals surface area (Å²) in [4.78, 5) is 10.1. The van der Waals surface area contributed by atoms with Crippen LogP contribution >= 0.6 is 25.3 Å². The minimum Gasteiger partial charge on any atom is -0.465 e. The standard InChI is InChI=1S/C6H13NO2S2.Zn/c8-6(9)7-5(11)3-1-2-4-10;/h5,7,10-11H,1-4H2,(H,8,9);. The van der Waals surface area contributed by atoms with E-state index < -0.39 is 6.09 Å². The van der Waals surface area contributed by atoms with E-state index >= 15 is 0 Å². The third kappa shape index (κ3) is 10.6. The number of unbranched alkanes of at least 4 members (excludes halogenated alkanes) is 1. The van der Waals surface area contributed by atoms with Gasteiger partial charge in [-0.3, -0.25) is 0 Å². The number of amides is 1. The van der Waals surface area contributed by atoms with Crippen molar-refractivity contribution in [3.63, 3.8) is 0 Å². The van der Waals surface area contributed by atoms with Crippen molar-refractivity contribution in [3.05, 3.63) is 0 Å². The molecule has 68 valence electrons. The first kappa shape index (κ1) is 15.1. The molecule has 3 nitrogen and oxygen atoms in total. The third-order valence-electron chi connectivity index (χ3n) is 1.18. The van der Waals surface area contributed by atoms with E-state index in [1.54, 1.807) is 0 Å². The number of hydrogen-bond donors (Lipinski definition) is 4. The van der Waals surface area contributed by atoms with Gasteiger partial charge < -0.3 is 10.4 Å². The predicted molar refractivity (Wildman–Crippen MR) is 51.6 cm³/mol. The third-order valence-corrected chi connectivity index (χ3v) is 1.88. The summed E-state index contributed by atoms with van der Waals surface area (Å²) in [6.07, 6.45) is 1.70. The molecule has 0 spiro atoms. The Kier molecular flexibility index (Phi) is 12.2. The number of rotatable bonds is 5. The first-order chi connectivity index (χ1) is 5.16. The molecule has 1 unspecified atom stereocenters. The van der Waals surface area contributed by atoms with E-state index in [1.165, 1.54) is 0 Å². The first-order valence-electron chi connectivity index (χ1n) is 3.45. The minimum atomic E-state index is -1.02. The number of hydrogen-bond acceptors (Lipinski definition) is 3. The van der Waals surface area contributed by atoms with E-state index in [0.717, 1.165) is 25.0 Å². The maximum Gasteiger partial charge on any atom is 0.405 e. The summed E-state index contributed by atoms with van der Waals surface area (Å²) >= 11 is 8.06. The smallest absolute Gasteiger partial charge is 0.405 e. The van der Waals surface area contributed by atoms with Gasteiger partial charge in [-0.25, -0.2) is 4.79 Å². The van der Waals surface area contributed by atoms with Gasteiger partial charge in [-0.15, -0.1) is 0 Å². The molecule has 0 saturated carbocycles. The molecule has 0 aliphatic heterocycles. The average Bonchev–Trinajstić information content (AvgIpc) is 1.86. The molecule has 6 heteroatoms. The Morgan fingerprint density at radius 2 is 2.08 bits per heavy atom. The zero-order chi connectivity index (χ0) is 8.69. The molecule has 0 saturated heterocycles. The summed E-state index contributed by atoms with van der Waals surface area (Å²) in [5.74, 6) is 0.841. The summed E-state index contributed by atoms with van der Waals surface area (Å²) < 4.78 is 0. The van der Waals surface area contributed by atoms with Crippen molar-refractivity contribution in [2.45, 2.75) is 24.6 Å². The van der Waals surface area contributed by atoms with Crippen LogP contribution in [-0.4, -0.2) is 22.3 Å². The molecule has 12 heavy (non-hydrogen) atoms. The van der Waals surface area contributed by atoms with Crippen LogP contribution in [0.5, 0.6) is 0 Å². The summed E-state index contributed by atoms with van der Waals surface area (Å²) in [6, 6.07) is 0. The fourth-order valence-corrected chi connectivity index (χ4v) is 1.18. The fraction of sp³-hybridized carbons (Fsp3) is 0.833. The van der Waals surface area contributed by atoms with Crippen LogP contribution < -0.4 is 5.32 Å². The number of carboxylic acid groups (broad SMARTS) is 1. The molecule has 0 fully saturated rings. The molecule has 0 heterocycles. The topological polar surface area (TPSA) is 49.3 Å². The van der Waals surface area contributed by atoms with Crippen LogP contribution in [0.15, 0.2) is 0 Å². The van der Waals surface area contributed by atoms with Crippen LogP contribution in [0.25, 0.3) is 0 Å². The molecule has 0 aromatic rings. The van der Waals surface area contributed by atoms with Crippen molar-refractivity contribution < 1.29 is 29.4 Å². The van der Waals surface area contributed by atoms with E-state index in [0.29, 0.717) is 0 Å². The van der Waals surface area contributed by atoms with Crippen molar-refractivity contribution in [1.29, 1.82) is 0 Å². The number of thiol groups is 2. The Morgan fingerprint density at radius 1 is 1.50 bits per heavy atom. The second kappa shape index (κ2) is 9.68. The summed E-state index contributed by atoms with van der Waals surface area (Å²) in [5.41, 5.74) is 0. The van der Waals surface area contributed by atoms with Gasteiger partial charge in [-0.05, 0) is 25.0 Å². The predicted octanol–water partition coefficient (Wildman–Crippen LogP) is 1.61. The van der Waals surface area contributed by atoms with Crippen LogP contribution in [0, 0.1) is 0 Å². The van der Waals surface area contributed by atoms with E-state index in [4.69, 9.17) is 5.11 Å². The normalized spacial score (nSPS) is 11.5. The van der Waals surface area contributed by atoms with Gasteiger partial charge in [0, 0.05) is 19.5 Å². The second-order valence-electron chi connectivity index (χ2n) is 2.18. The second-order valence-corrected chi connectivity index (χ2v) is 3.26. The van der Waals surface area contributed by atoms with Crippen LogP contribution in [0.1, 0.15) is 19.3 Å². The quantitative estimate of drug-likeness (QED) is 0.263. The van der Waals surface area contributed by atoms with Gasteiger partial charge in [-0.2, -0.15) is 25.3 Å². The Morgan fingerprint density at radius 3 is 2.50 bits per heavy atom. The minimum absolute atomic E-state index is 0. The molecule has 0 aliphatic rings. The van der Waals surface area contributed by atoms with Crippen LogP contribution in [-0.2, 0) is 19.5 Å². The molecule has 0 radical (unpaired) electrons. The van der Waals surface area contributed by atoms with E-state index in [-0.39, 0.29) is 24.9 Å². The van der Waals surface area contributed by atoms with Gasteiger partial charge in [0.05, 0.1) is 5.37 Å². The number of carbonyl (C=O) groups is 1. The summed E-state index contributed by atoms with van der Waals surface area (Å²) in [7, 11) is 0. The Hall–Kier alpha value is 0.593. The van der Waals surface area contributed by atoms with E-state index in [2.05, 4.69) is 30.6 Å². The number of nitrogens with one attached hydrogen (secondary N) is 1. The van der Waals surface area contributed by atoms with Crippen LogP contribution in [0.4, 0.5) is 4.79 Å². The van der Waals surface area contributed by atoms with Gasteiger partial charge in [-0.1, -0.05) is 0 Å². The molecule has 0 aromatic heterocycles. The molecular formula is C6H13NO2S2Zn. The van der Waals surface area contributed by atoms with E-state index in [9.17, 15) is 4.79 Å². The molecule has 2 N–H and O–H groups in total. The molecule has 0 aromatic carbocycles. The Bertz CT molecular complexity index is 126. The zero-order valence-electron chi connectivity index (χ0n) is 6.86. The Balaban J connectivity index is 0. The van der Waals surface area contributed by atoms with Crippen molar-refractivity contribution >= 4 is 31.4 Å². The van der Waals surface area contributed by atoms with Gasteiger partial charge in [0.1, 0.15) is 0 Å². The van der Waals surface area contributed by atoms with Gasteiger partial charge in [0.25, 0.3) is 0 Å². The van der Waals surface area contributed by atoms with Gasteiger partial charge in [0.2, 0.25) is 0 Å². The first-order valence-corrected chi connectivity index (χ1v) is 4.60. The molecule has 0 aliphatic carbocycles. The molecule has 1 atom stereocenters. The SMILES string of the molecule is O=C(O)NC(S)CCCCS.[Zn]. The summed E-state index contributed by atoms with van der Waals surface area (Å²) in [6.45, 7) is 0. The monoisotopic (exact) mass is 259 g/mol. The molecule has 0 rings (SSSR count). The van der Waals surface area contributed by atoms with Gasteiger partial charge in [0.15, 0.2) is 0 Å². The van der Waals surface area contributed by atoms with E-state index in [1.807, 2.05) is 0 Å². The average molecular weight is 261 g/mol. The maximum absolute atomic E-state index is 10.1. The largest absolute Gasteiger partial charge is 0.465 e. The molecule has 0 bridgehead atoms. The maximum atomic E-state index is 10.1. The van der Waals surface area contributed by atoms with Crippen molar-refractivity contribution in [3.8, 4) is 0 Å². The molecule has 1 amide bonds. The van der Waals surface area contributed by atoms with Crippen molar-refractivity contribution in [2.75, 3.05) is 5.75 Å². The zero-order valence-corrected chi connectivity index (χ0v) is 11.6. The molecular weight excluding hydrogens is 248 g/mol. The van der Waals surface area contributed by atoms with Crippen molar-refractivity contribution in [2.24, 2.45) is 0 Å².